The summed E-state index contributed by atoms with van der Waals surface area (Å²) in [5.41, 5.74) is 3.44. The normalized spacial score (nSPS) is 15.8. The van der Waals surface area contributed by atoms with Crippen LogP contribution in [-0.2, 0) is 6.54 Å². The minimum Gasteiger partial charge on any atom is -0.295 e. The highest BCUT2D eigenvalue weighted by atomic mass is 32.1. The summed E-state index contributed by atoms with van der Waals surface area (Å²) in [7, 11) is 0. The SMILES string of the molecule is Fc1cccc(CN2CC=C(c3nc4ccccc4s3)CC2)c1. The zero-order chi connectivity index (χ0) is 15.6. The lowest BCUT2D eigenvalue weighted by atomic mass is 10.1. The Bertz CT molecular complexity index is 835. The Kier molecular flexibility index (Phi) is 3.93. The second kappa shape index (κ2) is 6.22. The van der Waals surface area contributed by atoms with Crippen molar-refractivity contribution in [2.24, 2.45) is 0 Å². The van der Waals surface area contributed by atoms with Gasteiger partial charge in [0.1, 0.15) is 10.8 Å². The third-order valence-electron chi connectivity index (χ3n) is 4.16. The van der Waals surface area contributed by atoms with E-state index in [9.17, 15) is 4.39 Å². The number of hydrogen-bond donors (Lipinski definition) is 0. The first-order valence-corrected chi connectivity index (χ1v) is 8.61. The first-order chi connectivity index (χ1) is 11.3. The van der Waals surface area contributed by atoms with Crippen LogP contribution < -0.4 is 0 Å². The van der Waals surface area contributed by atoms with Gasteiger partial charge in [-0.3, -0.25) is 4.90 Å². The van der Waals surface area contributed by atoms with Crippen molar-refractivity contribution in [2.45, 2.75) is 13.0 Å². The fraction of sp³-hybridized carbons (Fsp3) is 0.211. The van der Waals surface area contributed by atoms with Gasteiger partial charge in [-0.25, -0.2) is 9.37 Å². The van der Waals surface area contributed by atoms with Crippen molar-refractivity contribution in [3.05, 3.63) is 71.0 Å². The second-order valence-electron chi connectivity index (χ2n) is 5.83. The van der Waals surface area contributed by atoms with Gasteiger partial charge in [0.15, 0.2) is 0 Å². The number of para-hydroxylation sites is 1. The van der Waals surface area contributed by atoms with Crippen LogP contribution in [0.4, 0.5) is 4.39 Å². The molecule has 0 unspecified atom stereocenters. The number of aromatic nitrogens is 1. The van der Waals surface area contributed by atoms with Gasteiger partial charge in [0.2, 0.25) is 0 Å². The molecule has 0 saturated carbocycles. The number of rotatable bonds is 3. The predicted molar refractivity (Wildman–Crippen MR) is 93.9 cm³/mol. The molecule has 0 spiro atoms. The molecule has 0 saturated heterocycles. The molecule has 0 radical (unpaired) electrons. The van der Waals surface area contributed by atoms with Crippen LogP contribution in [0, 0.1) is 5.82 Å². The van der Waals surface area contributed by atoms with Crippen LogP contribution in [0.2, 0.25) is 0 Å². The molecule has 2 heterocycles. The highest BCUT2D eigenvalue weighted by molar-refractivity contribution is 7.19. The smallest absolute Gasteiger partial charge is 0.123 e. The van der Waals surface area contributed by atoms with Gasteiger partial charge in [0, 0.05) is 19.6 Å². The van der Waals surface area contributed by atoms with E-state index in [0.717, 1.165) is 42.1 Å². The molecule has 4 rings (SSSR count). The zero-order valence-corrected chi connectivity index (χ0v) is 13.5. The Morgan fingerprint density at radius 1 is 1.13 bits per heavy atom. The maximum Gasteiger partial charge on any atom is 0.123 e. The van der Waals surface area contributed by atoms with E-state index >= 15 is 0 Å². The van der Waals surface area contributed by atoms with Crippen molar-refractivity contribution in [1.82, 2.24) is 9.88 Å². The van der Waals surface area contributed by atoms with E-state index in [4.69, 9.17) is 4.98 Å². The number of hydrogen-bond acceptors (Lipinski definition) is 3. The van der Waals surface area contributed by atoms with Crippen molar-refractivity contribution in [3.63, 3.8) is 0 Å². The Morgan fingerprint density at radius 2 is 2.04 bits per heavy atom. The monoisotopic (exact) mass is 324 g/mol. The molecule has 0 bridgehead atoms. The molecule has 0 amide bonds. The lowest BCUT2D eigenvalue weighted by molar-refractivity contribution is 0.293. The number of nitrogens with zero attached hydrogens (tertiary/aromatic N) is 2. The molecule has 1 aliphatic heterocycles. The van der Waals surface area contributed by atoms with Crippen LogP contribution in [0.5, 0.6) is 0 Å². The molecule has 1 aromatic heterocycles. The van der Waals surface area contributed by atoms with E-state index in [1.165, 1.54) is 16.3 Å². The summed E-state index contributed by atoms with van der Waals surface area (Å²) in [5.74, 6) is -0.162. The van der Waals surface area contributed by atoms with E-state index in [0.29, 0.717) is 0 Å². The maximum atomic E-state index is 13.3. The molecule has 3 aromatic rings. The zero-order valence-electron chi connectivity index (χ0n) is 12.7. The number of halogens is 1. The van der Waals surface area contributed by atoms with Crippen LogP contribution in [-0.4, -0.2) is 23.0 Å². The van der Waals surface area contributed by atoms with Crippen molar-refractivity contribution in [1.29, 1.82) is 0 Å². The first kappa shape index (κ1) is 14.5. The fourth-order valence-corrected chi connectivity index (χ4v) is 3.99. The van der Waals surface area contributed by atoms with Crippen LogP contribution in [0.15, 0.2) is 54.6 Å². The van der Waals surface area contributed by atoms with Gasteiger partial charge < -0.3 is 0 Å². The summed E-state index contributed by atoms with van der Waals surface area (Å²) in [6, 6.07) is 15.1. The average Bonchev–Trinajstić information content (AvgIpc) is 2.99. The summed E-state index contributed by atoms with van der Waals surface area (Å²) < 4.78 is 14.5. The molecule has 0 atom stereocenters. The van der Waals surface area contributed by atoms with Crippen LogP contribution in [0.1, 0.15) is 17.0 Å². The molecule has 1 aliphatic rings. The quantitative estimate of drug-likeness (QED) is 0.693. The maximum absolute atomic E-state index is 13.3. The van der Waals surface area contributed by atoms with Crippen molar-refractivity contribution in [2.75, 3.05) is 13.1 Å². The van der Waals surface area contributed by atoms with Gasteiger partial charge in [0.25, 0.3) is 0 Å². The van der Waals surface area contributed by atoms with Gasteiger partial charge in [-0.05, 0) is 41.8 Å². The van der Waals surface area contributed by atoms with E-state index in [1.54, 1.807) is 23.5 Å². The molecule has 2 aromatic carbocycles. The summed E-state index contributed by atoms with van der Waals surface area (Å²) in [4.78, 5) is 7.08. The minimum atomic E-state index is -0.162. The first-order valence-electron chi connectivity index (χ1n) is 7.80. The molecular weight excluding hydrogens is 307 g/mol. The Labute approximate surface area is 138 Å². The number of fused-ring (bicyclic) bond motifs is 1. The predicted octanol–water partition coefficient (Wildman–Crippen LogP) is 4.72. The van der Waals surface area contributed by atoms with Crippen LogP contribution in [0.25, 0.3) is 15.8 Å². The van der Waals surface area contributed by atoms with Crippen molar-refractivity contribution in [3.8, 4) is 0 Å². The second-order valence-corrected chi connectivity index (χ2v) is 6.86. The number of thiazole rings is 1. The average molecular weight is 324 g/mol. The Hall–Kier alpha value is -2.04. The Morgan fingerprint density at radius 3 is 2.83 bits per heavy atom. The van der Waals surface area contributed by atoms with Gasteiger partial charge in [-0.2, -0.15) is 0 Å². The minimum absolute atomic E-state index is 0.162. The van der Waals surface area contributed by atoms with Gasteiger partial charge in [0.05, 0.1) is 10.2 Å². The summed E-state index contributed by atoms with van der Waals surface area (Å²) in [5, 5.41) is 1.14. The van der Waals surface area contributed by atoms with Crippen LogP contribution >= 0.6 is 11.3 Å². The fourth-order valence-electron chi connectivity index (χ4n) is 2.95. The Balaban J connectivity index is 1.48. The van der Waals surface area contributed by atoms with E-state index in [2.05, 4.69) is 29.2 Å². The van der Waals surface area contributed by atoms with Crippen molar-refractivity contribution >= 4 is 27.1 Å². The molecule has 0 N–H and O–H groups in total. The highest BCUT2D eigenvalue weighted by Gasteiger charge is 2.16. The standard InChI is InChI=1S/C19H17FN2S/c20-16-5-3-4-14(12-16)13-22-10-8-15(9-11-22)19-21-17-6-1-2-7-18(17)23-19/h1-8,12H,9-11,13H2. The third kappa shape index (κ3) is 3.19. The van der Waals surface area contributed by atoms with E-state index in [1.807, 2.05) is 12.1 Å². The van der Waals surface area contributed by atoms with E-state index in [-0.39, 0.29) is 5.82 Å². The summed E-state index contributed by atoms with van der Waals surface area (Å²) in [6.07, 6.45) is 3.26. The van der Waals surface area contributed by atoms with Gasteiger partial charge >= 0.3 is 0 Å². The topological polar surface area (TPSA) is 16.1 Å². The largest absolute Gasteiger partial charge is 0.295 e. The van der Waals surface area contributed by atoms with Gasteiger partial charge in [-0.1, -0.05) is 30.3 Å². The molecular formula is C19H17FN2S. The van der Waals surface area contributed by atoms with E-state index < -0.39 is 0 Å². The summed E-state index contributed by atoms with van der Waals surface area (Å²) >= 11 is 1.76. The number of benzene rings is 2. The molecule has 2 nitrogen and oxygen atoms in total. The highest BCUT2D eigenvalue weighted by Crippen LogP contribution is 2.30. The molecule has 0 aliphatic carbocycles. The molecule has 0 fully saturated rings. The van der Waals surface area contributed by atoms with Crippen LogP contribution in [0.3, 0.4) is 0 Å². The van der Waals surface area contributed by atoms with Crippen molar-refractivity contribution < 1.29 is 4.39 Å². The third-order valence-corrected chi connectivity index (χ3v) is 5.27. The summed E-state index contributed by atoms with van der Waals surface area (Å²) in [6.45, 7) is 2.67. The molecule has 116 valence electrons. The molecule has 23 heavy (non-hydrogen) atoms. The lowest BCUT2D eigenvalue weighted by Gasteiger charge is -2.25. The van der Waals surface area contributed by atoms with Gasteiger partial charge in [-0.15, -0.1) is 11.3 Å². The molecule has 4 heteroatoms. The lowest BCUT2D eigenvalue weighted by Crippen LogP contribution is -2.28.